The number of anilines is 3. The van der Waals surface area contributed by atoms with E-state index in [1.807, 2.05) is 123 Å². The standard InChI is InChI=1S/C38H57NO9Si/c1-10-40-37(41-11-2,42-12-3)31-19-23-33(24-20-31)39(34-25-21-32(22-26-34)38(43-13-4,44-14-5)45-15-6)35-27-29-36(30-28-35)49(46-16-7,47-17-8)48-18-9/h19-30H,10-18H2,1-9H3. The maximum atomic E-state index is 6.18. The van der Waals surface area contributed by atoms with Gasteiger partial charge in [-0.3, -0.25) is 0 Å². The van der Waals surface area contributed by atoms with E-state index in [0.717, 1.165) is 33.4 Å². The van der Waals surface area contributed by atoms with Crippen molar-refractivity contribution >= 4 is 31.1 Å². The van der Waals surface area contributed by atoms with Crippen molar-refractivity contribution < 1.29 is 41.7 Å². The van der Waals surface area contributed by atoms with Crippen molar-refractivity contribution in [3.63, 3.8) is 0 Å². The third-order valence-corrected chi connectivity index (χ3v) is 10.5. The summed E-state index contributed by atoms with van der Waals surface area (Å²) in [6, 6.07) is 24.3. The number of hydrogen-bond donors (Lipinski definition) is 0. The Hall–Kier alpha value is -2.68. The molecule has 3 aromatic carbocycles. The van der Waals surface area contributed by atoms with Gasteiger partial charge in [0.25, 0.3) is 0 Å². The molecule has 0 fully saturated rings. The second kappa shape index (κ2) is 20.2. The first-order chi connectivity index (χ1) is 23.8. The van der Waals surface area contributed by atoms with Crippen LogP contribution < -0.4 is 10.1 Å². The van der Waals surface area contributed by atoms with E-state index in [2.05, 4.69) is 17.0 Å². The maximum absolute atomic E-state index is 6.18. The molecule has 0 unspecified atom stereocenters. The molecule has 0 radical (unpaired) electrons. The first-order valence-corrected chi connectivity index (χ1v) is 19.4. The van der Waals surface area contributed by atoms with Gasteiger partial charge < -0.3 is 46.6 Å². The molecule has 0 N–H and O–H groups in total. The van der Waals surface area contributed by atoms with Crippen LogP contribution in [-0.4, -0.2) is 68.3 Å². The first kappa shape index (κ1) is 40.7. The molecule has 0 atom stereocenters. The zero-order chi connectivity index (χ0) is 35.8. The van der Waals surface area contributed by atoms with Crippen molar-refractivity contribution in [2.75, 3.05) is 64.4 Å². The molecule has 10 nitrogen and oxygen atoms in total. The fourth-order valence-electron chi connectivity index (χ4n) is 5.73. The minimum atomic E-state index is -3.09. The molecule has 0 saturated carbocycles. The largest absolute Gasteiger partial charge is 0.537 e. The van der Waals surface area contributed by atoms with E-state index in [-0.39, 0.29) is 0 Å². The minimum absolute atomic E-state index is 0.426. The highest BCUT2D eigenvalue weighted by Crippen LogP contribution is 2.38. The van der Waals surface area contributed by atoms with Crippen molar-refractivity contribution in [3.8, 4) is 0 Å². The second-order valence-corrected chi connectivity index (χ2v) is 13.1. The Balaban J connectivity index is 2.18. The topological polar surface area (TPSA) is 86.3 Å². The van der Waals surface area contributed by atoms with E-state index >= 15 is 0 Å². The van der Waals surface area contributed by atoms with E-state index in [9.17, 15) is 0 Å². The predicted octanol–water partition coefficient (Wildman–Crippen LogP) is 7.85. The number of benzene rings is 3. The highest BCUT2D eigenvalue weighted by molar-refractivity contribution is 6.75. The number of ether oxygens (including phenoxy) is 6. The Kier molecular flexibility index (Phi) is 16.8. The Labute approximate surface area is 294 Å². The summed E-state index contributed by atoms with van der Waals surface area (Å²) in [5.74, 6) is -2.59. The van der Waals surface area contributed by atoms with Crippen molar-refractivity contribution in [1.82, 2.24) is 0 Å². The van der Waals surface area contributed by atoms with Crippen LogP contribution in [-0.2, 0) is 53.6 Å². The molecule has 3 aromatic rings. The molecular weight excluding hydrogens is 643 g/mol. The van der Waals surface area contributed by atoms with Gasteiger partial charge in [0.2, 0.25) is 0 Å². The smallest absolute Gasteiger partial charge is 0.370 e. The van der Waals surface area contributed by atoms with Crippen LogP contribution in [0, 0.1) is 0 Å². The highest BCUT2D eigenvalue weighted by Gasteiger charge is 2.43. The van der Waals surface area contributed by atoms with E-state index in [1.165, 1.54) is 0 Å². The Morgan fingerprint density at radius 3 is 0.898 bits per heavy atom. The highest BCUT2D eigenvalue weighted by atomic mass is 28.4. The van der Waals surface area contributed by atoms with Gasteiger partial charge in [-0.25, -0.2) is 0 Å². The van der Waals surface area contributed by atoms with Gasteiger partial charge in [0.15, 0.2) is 0 Å². The fraction of sp³-hybridized carbons (Fsp3) is 0.526. The predicted molar refractivity (Wildman–Crippen MR) is 195 cm³/mol. The van der Waals surface area contributed by atoms with E-state index in [0.29, 0.717) is 59.5 Å². The van der Waals surface area contributed by atoms with Gasteiger partial charge >= 0.3 is 20.8 Å². The third kappa shape index (κ3) is 9.76. The monoisotopic (exact) mass is 699 g/mol. The van der Waals surface area contributed by atoms with Gasteiger partial charge in [-0.1, -0.05) is 12.1 Å². The molecule has 0 aliphatic heterocycles. The van der Waals surface area contributed by atoms with Crippen LogP contribution in [0.1, 0.15) is 73.4 Å². The molecule has 3 rings (SSSR count). The third-order valence-electron chi connectivity index (χ3n) is 7.45. The Bertz CT molecular complexity index is 1120. The van der Waals surface area contributed by atoms with Crippen LogP contribution in [0.4, 0.5) is 17.1 Å². The van der Waals surface area contributed by atoms with E-state index in [4.69, 9.17) is 41.7 Å². The van der Waals surface area contributed by atoms with Crippen LogP contribution in [0.25, 0.3) is 0 Å². The summed E-state index contributed by atoms with van der Waals surface area (Å²) in [5, 5.41) is 0.900. The van der Waals surface area contributed by atoms with Crippen molar-refractivity contribution in [1.29, 1.82) is 0 Å². The van der Waals surface area contributed by atoms with Crippen LogP contribution in [0.3, 0.4) is 0 Å². The van der Waals surface area contributed by atoms with Crippen LogP contribution in [0.5, 0.6) is 0 Å². The lowest BCUT2D eigenvalue weighted by Crippen LogP contribution is -2.56. The second-order valence-electron chi connectivity index (χ2n) is 10.5. The van der Waals surface area contributed by atoms with E-state index < -0.39 is 20.8 Å². The fourth-order valence-corrected chi connectivity index (χ4v) is 8.19. The summed E-state index contributed by atoms with van der Waals surface area (Å²) >= 11 is 0. The maximum Gasteiger partial charge on any atom is 0.537 e. The summed E-state index contributed by atoms with van der Waals surface area (Å²) in [5.41, 5.74) is 4.28. The lowest BCUT2D eigenvalue weighted by Gasteiger charge is -2.34. The Morgan fingerprint density at radius 1 is 0.388 bits per heavy atom. The first-order valence-electron chi connectivity index (χ1n) is 17.7. The molecule has 49 heavy (non-hydrogen) atoms. The summed E-state index contributed by atoms with van der Waals surface area (Å²) in [6.07, 6.45) is 0. The molecule has 0 bridgehead atoms. The van der Waals surface area contributed by atoms with Crippen molar-refractivity contribution in [2.24, 2.45) is 0 Å². The molecule has 0 aliphatic rings. The van der Waals surface area contributed by atoms with Gasteiger partial charge in [-0.2, -0.15) is 0 Å². The zero-order valence-corrected chi connectivity index (χ0v) is 31.9. The molecule has 0 saturated heterocycles. The molecule has 0 amide bonds. The summed E-state index contributed by atoms with van der Waals surface area (Å²) < 4.78 is 54.9. The molecule has 272 valence electrons. The SMILES string of the molecule is CCOC(OCC)(OCC)c1ccc(N(c2ccc(C(OCC)(OCC)OCC)cc2)c2ccc([Si](OCC)(OCC)OCC)cc2)cc1. The van der Waals surface area contributed by atoms with Gasteiger partial charge in [0.05, 0.1) is 0 Å². The van der Waals surface area contributed by atoms with E-state index in [1.54, 1.807) is 0 Å². The zero-order valence-electron chi connectivity index (χ0n) is 30.9. The average Bonchev–Trinajstić information content (AvgIpc) is 3.10. The van der Waals surface area contributed by atoms with Crippen molar-refractivity contribution in [3.05, 3.63) is 83.9 Å². The van der Waals surface area contributed by atoms with Crippen LogP contribution >= 0.6 is 0 Å². The number of rotatable bonds is 24. The van der Waals surface area contributed by atoms with Gasteiger partial charge in [-0.05, 0) is 123 Å². The normalized spacial score (nSPS) is 12.4. The summed E-state index contributed by atoms with van der Waals surface area (Å²) in [4.78, 5) is 2.16. The van der Waals surface area contributed by atoms with Crippen molar-refractivity contribution in [2.45, 2.75) is 74.3 Å². The lowest BCUT2D eigenvalue weighted by atomic mass is 10.1. The molecule has 0 aromatic heterocycles. The Morgan fingerprint density at radius 2 is 0.653 bits per heavy atom. The van der Waals surface area contributed by atoms with Gasteiger partial charge in [0.1, 0.15) is 0 Å². The minimum Gasteiger partial charge on any atom is -0.370 e. The number of hydrogen-bond acceptors (Lipinski definition) is 10. The van der Waals surface area contributed by atoms with Gasteiger partial charge in [-0.15, -0.1) is 0 Å². The molecule has 0 heterocycles. The molecular formula is C38H57NO9Si. The summed E-state index contributed by atoms with van der Waals surface area (Å²) in [6.45, 7) is 21.4. The molecule has 0 spiro atoms. The van der Waals surface area contributed by atoms with Gasteiger partial charge in [0, 0.05) is 92.8 Å². The summed E-state index contributed by atoms with van der Waals surface area (Å²) in [7, 11) is -3.09. The average molecular weight is 700 g/mol. The van der Waals surface area contributed by atoms with Crippen LogP contribution in [0.15, 0.2) is 72.8 Å². The lowest BCUT2D eigenvalue weighted by molar-refractivity contribution is -0.390. The number of nitrogens with zero attached hydrogens (tertiary/aromatic N) is 1. The molecule has 0 aliphatic carbocycles. The van der Waals surface area contributed by atoms with Crippen LogP contribution in [0.2, 0.25) is 0 Å². The molecule has 11 heteroatoms. The quantitative estimate of drug-likeness (QED) is 0.0681.